The number of benzene rings is 1. The molecule has 0 saturated heterocycles. The van der Waals surface area contributed by atoms with Crippen LogP contribution in [-0.2, 0) is 14.3 Å². The normalized spacial score (nSPS) is 11.0. The molecule has 0 fully saturated rings. The van der Waals surface area contributed by atoms with E-state index in [0.29, 0.717) is 12.8 Å². The molecule has 0 aliphatic heterocycles. The number of rotatable bonds is 5. The predicted molar refractivity (Wildman–Crippen MR) is 59.2 cm³/mol. The van der Waals surface area contributed by atoms with Crippen LogP contribution in [0.3, 0.4) is 0 Å². The lowest BCUT2D eigenvalue weighted by molar-refractivity contribution is 0.314. The van der Waals surface area contributed by atoms with Gasteiger partial charge in [0.25, 0.3) is 10.1 Å². The van der Waals surface area contributed by atoms with E-state index in [9.17, 15) is 8.42 Å². The molecule has 0 aliphatic carbocycles. The van der Waals surface area contributed by atoms with E-state index in [2.05, 4.69) is 0 Å². The fourth-order valence-corrected chi connectivity index (χ4v) is 2.04. The van der Waals surface area contributed by atoms with E-state index >= 15 is 0 Å². The molecule has 1 aromatic carbocycles. The van der Waals surface area contributed by atoms with Crippen LogP contribution in [0.15, 0.2) is 29.2 Å². The number of hydrogen-bond acceptors (Lipinski definition) is 4. The zero-order valence-electron chi connectivity index (χ0n) is 9.01. The Labute approximate surface area is 95.6 Å². The molecule has 0 aliphatic rings. The minimum Gasteiger partial charge on any atom is -0.266 e. The Morgan fingerprint density at radius 2 is 1.94 bits per heavy atom. The summed E-state index contributed by atoms with van der Waals surface area (Å²) in [6.45, 7) is 1.92. The molecule has 1 rings (SSSR count). The lowest BCUT2D eigenvalue weighted by Gasteiger charge is -2.04. The third-order valence-corrected chi connectivity index (χ3v) is 3.31. The van der Waals surface area contributed by atoms with Crippen molar-refractivity contribution in [2.45, 2.75) is 24.7 Å². The van der Waals surface area contributed by atoms with E-state index in [-0.39, 0.29) is 11.5 Å². The molecule has 0 heterocycles. The minimum atomic E-state index is -3.67. The summed E-state index contributed by atoms with van der Waals surface area (Å²) in [5, 5.41) is 8.29. The van der Waals surface area contributed by atoms with E-state index < -0.39 is 10.1 Å². The van der Waals surface area contributed by atoms with E-state index in [1.165, 1.54) is 12.1 Å². The largest absolute Gasteiger partial charge is 0.296 e. The van der Waals surface area contributed by atoms with Crippen LogP contribution in [0, 0.1) is 18.3 Å². The fraction of sp³-hybridized carbons (Fsp3) is 0.364. The molecule has 0 spiro atoms. The van der Waals surface area contributed by atoms with Crippen LogP contribution in [0.25, 0.3) is 0 Å². The highest BCUT2D eigenvalue weighted by Crippen LogP contribution is 2.13. The molecule has 86 valence electrons. The highest BCUT2D eigenvalue weighted by molar-refractivity contribution is 7.86. The Morgan fingerprint density at radius 1 is 1.31 bits per heavy atom. The van der Waals surface area contributed by atoms with Crippen LogP contribution in [0.4, 0.5) is 0 Å². The lowest BCUT2D eigenvalue weighted by atomic mass is 10.2. The van der Waals surface area contributed by atoms with Crippen molar-refractivity contribution in [1.29, 1.82) is 5.26 Å². The zero-order chi connectivity index (χ0) is 12.0. The van der Waals surface area contributed by atoms with Crippen LogP contribution in [0.5, 0.6) is 0 Å². The SMILES string of the molecule is Cc1ccc(S(=O)(=O)OCCCC#N)cc1. The fourth-order valence-electron chi connectivity index (χ4n) is 1.09. The smallest absolute Gasteiger partial charge is 0.266 e. The first kappa shape index (κ1) is 12.7. The van der Waals surface area contributed by atoms with Crippen molar-refractivity contribution in [2.75, 3.05) is 6.61 Å². The van der Waals surface area contributed by atoms with Gasteiger partial charge in [-0.2, -0.15) is 13.7 Å². The van der Waals surface area contributed by atoms with Gasteiger partial charge in [0.2, 0.25) is 0 Å². The third kappa shape index (κ3) is 3.65. The number of hydrogen-bond donors (Lipinski definition) is 0. The zero-order valence-corrected chi connectivity index (χ0v) is 9.83. The molecule has 1 aromatic rings. The van der Waals surface area contributed by atoms with E-state index in [1.807, 2.05) is 13.0 Å². The molecule has 0 bridgehead atoms. The van der Waals surface area contributed by atoms with Crippen molar-refractivity contribution >= 4 is 10.1 Å². The molecule has 16 heavy (non-hydrogen) atoms. The summed E-state index contributed by atoms with van der Waals surface area (Å²) in [7, 11) is -3.67. The summed E-state index contributed by atoms with van der Waals surface area (Å²) in [6.07, 6.45) is 0.713. The average molecular weight is 239 g/mol. The number of unbranched alkanes of at least 4 members (excludes halogenated alkanes) is 1. The maximum absolute atomic E-state index is 11.6. The van der Waals surface area contributed by atoms with Crippen LogP contribution in [0.1, 0.15) is 18.4 Å². The van der Waals surface area contributed by atoms with E-state index in [4.69, 9.17) is 9.44 Å². The standard InChI is InChI=1S/C11H13NO3S/c1-10-4-6-11(7-5-10)16(13,14)15-9-3-2-8-12/h4-7H,2-3,9H2,1H3. The number of aryl methyl sites for hydroxylation is 1. The third-order valence-electron chi connectivity index (χ3n) is 1.98. The van der Waals surface area contributed by atoms with Crippen molar-refractivity contribution in [3.63, 3.8) is 0 Å². The molecule has 4 nitrogen and oxygen atoms in total. The van der Waals surface area contributed by atoms with Gasteiger partial charge in [0.05, 0.1) is 17.6 Å². The van der Waals surface area contributed by atoms with Crippen LogP contribution in [-0.4, -0.2) is 15.0 Å². The van der Waals surface area contributed by atoms with Crippen molar-refractivity contribution in [2.24, 2.45) is 0 Å². The molecule has 0 saturated carbocycles. The van der Waals surface area contributed by atoms with Crippen LogP contribution in [0.2, 0.25) is 0 Å². The molecule has 0 N–H and O–H groups in total. The van der Waals surface area contributed by atoms with Gasteiger partial charge >= 0.3 is 0 Å². The van der Waals surface area contributed by atoms with Crippen molar-refractivity contribution in [3.8, 4) is 6.07 Å². The number of nitriles is 1. The van der Waals surface area contributed by atoms with Crippen molar-refractivity contribution in [1.82, 2.24) is 0 Å². The molecule has 0 atom stereocenters. The highest BCUT2D eigenvalue weighted by atomic mass is 32.2. The summed E-state index contributed by atoms with van der Waals surface area (Å²) in [5.74, 6) is 0. The predicted octanol–water partition coefficient (Wildman–Crippen LogP) is 2.00. The van der Waals surface area contributed by atoms with E-state index in [1.54, 1.807) is 12.1 Å². The first-order valence-electron chi connectivity index (χ1n) is 4.89. The Balaban J connectivity index is 2.64. The first-order valence-corrected chi connectivity index (χ1v) is 6.30. The molecule has 0 amide bonds. The Morgan fingerprint density at radius 3 is 2.50 bits per heavy atom. The minimum absolute atomic E-state index is 0.0454. The second kappa shape index (κ2) is 5.64. The summed E-state index contributed by atoms with van der Waals surface area (Å²) < 4.78 is 28.0. The van der Waals surface area contributed by atoms with Gasteiger partial charge in [0.1, 0.15) is 0 Å². The van der Waals surface area contributed by atoms with E-state index in [0.717, 1.165) is 5.56 Å². The molecule has 5 heteroatoms. The summed E-state index contributed by atoms with van der Waals surface area (Å²) in [5.41, 5.74) is 0.989. The van der Waals surface area contributed by atoms with Crippen LogP contribution < -0.4 is 0 Å². The van der Waals surface area contributed by atoms with Gasteiger partial charge in [0.15, 0.2) is 0 Å². The van der Waals surface area contributed by atoms with Crippen LogP contribution >= 0.6 is 0 Å². The van der Waals surface area contributed by atoms with Gasteiger partial charge in [-0.15, -0.1) is 0 Å². The van der Waals surface area contributed by atoms with Gasteiger partial charge < -0.3 is 0 Å². The Bertz CT molecular complexity index is 471. The van der Waals surface area contributed by atoms with Gasteiger partial charge in [-0.05, 0) is 25.5 Å². The number of nitrogens with zero attached hydrogens (tertiary/aromatic N) is 1. The van der Waals surface area contributed by atoms with Gasteiger partial charge in [-0.25, -0.2) is 0 Å². The molecular weight excluding hydrogens is 226 g/mol. The highest BCUT2D eigenvalue weighted by Gasteiger charge is 2.13. The van der Waals surface area contributed by atoms with Gasteiger partial charge in [-0.3, -0.25) is 4.18 Å². The average Bonchev–Trinajstić information content (AvgIpc) is 2.25. The summed E-state index contributed by atoms with van der Waals surface area (Å²) >= 11 is 0. The van der Waals surface area contributed by atoms with Crippen molar-refractivity contribution in [3.05, 3.63) is 29.8 Å². The molecule has 0 radical (unpaired) electrons. The molecular formula is C11H13NO3S. The monoisotopic (exact) mass is 239 g/mol. The maximum Gasteiger partial charge on any atom is 0.296 e. The topological polar surface area (TPSA) is 67.2 Å². The quantitative estimate of drug-likeness (QED) is 0.582. The van der Waals surface area contributed by atoms with Gasteiger partial charge in [-0.1, -0.05) is 17.7 Å². The molecule has 0 unspecified atom stereocenters. The summed E-state index contributed by atoms with van der Waals surface area (Å²) in [4.78, 5) is 0.148. The maximum atomic E-state index is 11.6. The second-order valence-electron chi connectivity index (χ2n) is 3.35. The lowest BCUT2D eigenvalue weighted by Crippen LogP contribution is -2.07. The van der Waals surface area contributed by atoms with Gasteiger partial charge in [0, 0.05) is 6.42 Å². The Hall–Kier alpha value is -1.38. The Kier molecular flexibility index (Phi) is 4.47. The second-order valence-corrected chi connectivity index (χ2v) is 4.97. The first-order chi connectivity index (χ1) is 7.56. The summed E-state index contributed by atoms with van der Waals surface area (Å²) in [6, 6.07) is 8.37. The van der Waals surface area contributed by atoms with Crippen molar-refractivity contribution < 1.29 is 12.6 Å². The molecule has 0 aromatic heterocycles.